The van der Waals surface area contributed by atoms with Gasteiger partial charge in [0.1, 0.15) is 0 Å². The van der Waals surface area contributed by atoms with Gasteiger partial charge in [-0.3, -0.25) is 0 Å². The summed E-state index contributed by atoms with van der Waals surface area (Å²) in [6.07, 6.45) is 0.312. The lowest BCUT2D eigenvalue weighted by atomic mass is 10.1. The lowest BCUT2D eigenvalue weighted by molar-refractivity contribution is -0.0148. The molecule has 1 aromatic carbocycles. The Morgan fingerprint density at radius 1 is 1.30 bits per heavy atom. The summed E-state index contributed by atoms with van der Waals surface area (Å²) in [6.45, 7) is 8.16. The van der Waals surface area contributed by atoms with Crippen molar-refractivity contribution in [2.24, 2.45) is 0 Å². The van der Waals surface area contributed by atoms with Gasteiger partial charge in [0.25, 0.3) is 0 Å². The molecule has 4 heteroatoms. The summed E-state index contributed by atoms with van der Waals surface area (Å²) in [6, 6.07) is 9.22. The van der Waals surface area contributed by atoms with Gasteiger partial charge in [-0.15, -0.1) is 0 Å². The van der Waals surface area contributed by atoms with Crippen LogP contribution >= 0.6 is 0 Å². The number of morpholine rings is 1. The molecule has 2 heterocycles. The van der Waals surface area contributed by atoms with Gasteiger partial charge in [0, 0.05) is 44.5 Å². The summed E-state index contributed by atoms with van der Waals surface area (Å²) in [5.74, 6) is 0. The molecule has 1 aromatic rings. The summed E-state index contributed by atoms with van der Waals surface area (Å²) >= 11 is 0. The number of likely N-dealkylation sites (N-methyl/N-ethyl adjacent to an activating group) is 1. The van der Waals surface area contributed by atoms with Crippen molar-refractivity contribution in [2.45, 2.75) is 25.6 Å². The van der Waals surface area contributed by atoms with Crippen LogP contribution in [0.1, 0.15) is 12.5 Å². The van der Waals surface area contributed by atoms with Crippen LogP contribution in [-0.2, 0) is 11.3 Å². The van der Waals surface area contributed by atoms with Gasteiger partial charge in [-0.05, 0) is 25.6 Å². The summed E-state index contributed by atoms with van der Waals surface area (Å²) in [5, 5.41) is 3.58. The Morgan fingerprint density at radius 3 is 3.00 bits per heavy atom. The van der Waals surface area contributed by atoms with Crippen LogP contribution in [0, 0.1) is 0 Å². The van der Waals surface area contributed by atoms with Crippen molar-refractivity contribution in [2.75, 3.05) is 44.7 Å². The molecule has 1 fully saturated rings. The molecule has 2 aliphatic rings. The molecule has 0 amide bonds. The van der Waals surface area contributed by atoms with Crippen LogP contribution in [0.15, 0.2) is 24.3 Å². The third-order valence-corrected chi connectivity index (χ3v) is 4.23. The Hall–Kier alpha value is -1.10. The Morgan fingerprint density at radius 2 is 2.15 bits per heavy atom. The van der Waals surface area contributed by atoms with E-state index in [9.17, 15) is 0 Å². The lowest BCUT2D eigenvalue weighted by Gasteiger charge is -2.35. The summed E-state index contributed by atoms with van der Waals surface area (Å²) < 4.78 is 5.94. The molecular formula is C16H25N3O. The Bertz CT molecular complexity index is 451. The molecule has 0 spiro atoms. The third-order valence-electron chi connectivity index (χ3n) is 4.23. The molecule has 110 valence electrons. The standard InChI is InChI=1S/C16H25N3O/c1-13-10-19(12-15-11-18(2)7-8-20-15)16-6-4-3-5-14(16)9-17-13/h3-6,13,15,17H,7-12H2,1-2H3. The van der Waals surface area contributed by atoms with Crippen LogP contribution in [0.2, 0.25) is 0 Å². The second-order valence-electron chi connectivity index (χ2n) is 6.07. The minimum Gasteiger partial charge on any atom is -0.374 e. The first-order valence-corrected chi connectivity index (χ1v) is 7.59. The van der Waals surface area contributed by atoms with E-state index in [0.717, 1.165) is 39.3 Å². The van der Waals surface area contributed by atoms with Crippen LogP contribution < -0.4 is 10.2 Å². The molecule has 2 unspecified atom stereocenters. The van der Waals surface area contributed by atoms with Crippen molar-refractivity contribution in [3.8, 4) is 0 Å². The van der Waals surface area contributed by atoms with Crippen LogP contribution in [0.3, 0.4) is 0 Å². The fraction of sp³-hybridized carbons (Fsp3) is 0.625. The number of para-hydroxylation sites is 1. The van der Waals surface area contributed by atoms with Crippen LogP contribution in [0.5, 0.6) is 0 Å². The van der Waals surface area contributed by atoms with Crippen molar-refractivity contribution in [1.82, 2.24) is 10.2 Å². The average Bonchev–Trinajstić information content (AvgIpc) is 2.59. The molecule has 0 saturated carbocycles. The van der Waals surface area contributed by atoms with Crippen LogP contribution in [0.25, 0.3) is 0 Å². The van der Waals surface area contributed by atoms with Crippen molar-refractivity contribution in [3.05, 3.63) is 29.8 Å². The maximum atomic E-state index is 5.94. The summed E-state index contributed by atoms with van der Waals surface area (Å²) in [5.41, 5.74) is 2.75. The molecule has 0 aliphatic carbocycles. The SMILES string of the molecule is CC1CN(CC2CN(C)CCO2)c2ccccc2CN1. The number of hydrogen-bond acceptors (Lipinski definition) is 4. The first-order chi connectivity index (χ1) is 9.72. The predicted octanol–water partition coefficient (Wildman–Crippen LogP) is 1.32. The highest BCUT2D eigenvalue weighted by molar-refractivity contribution is 5.54. The van der Waals surface area contributed by atoms with E-state index >= 15 is 0 Å². The minimum absolute atomic E-state index is 0.312. The van der Waals surface area contributed by atoms with Crippen LogP contribution in [-0.4, -0.2) is 56.9 Å². The molecule has 1 N–H and O–H groups in total. The first kappa shape index (κ1) is 13.9. The number of anilines is 1. The molecule has 0 radical (unpaired) electrons. The lowest BCUT2D eigenvalue weighted by Crippen LogP contribution is -2.48. The molecule has 3 rings (SSSR count). The molecule has 0 bridgehead atoms. The predicted molar refractivity (Wildman–Crippen MR) is 82.2 cm³/mol. The van der Waals surface area contributed by atoms with E-state index in [4.69, 9.17) is 4.74 Å². The van der Waals surface area contributed by atoms with Crippen molar-refractivity contribution in [3.63, 3.8) is 0 Å². The van der Waals surface area contributed by atoms with Gasteiger partial charge in [0.05, 0.1) is 12.7 Å². The number of hydrogen-bond donors (Lipinski definition) is 1. The Labute approximate surface area is 121 Å². The molecule has 20 heavy (non-hydrogen) atoms. The van der Waals surface area contributed by atoms with Gasteiger partial charge in [-0.25, -0.2) is 0 Å². The van der Waals surface area contributed by atoms with Crippen LogP contribution in [0.4, 0.5) is 5.69 Å². The molecule has 2 atom stereocenters. The molecule has 4 nitrogen and oxygen atoms in total. The Kier molecular flexibility index (Phi) is 4.24. The van der Waals surface area contributed by atoms with E-state index < -0.39 is 0 Å². The summed E-state index contributed by atoms with van der Waals surface area (Å²) in [4.78, 5) is 4.85. The number of nitrogens with one attached hydrogen (secondary N) is 1. The first-order valence-electron chi connectivity index (χ1n) is 7.59. The number of rotatable bonds is 2. The highest BCUT2D eigenvalue weighted by atomic mass is 16.5. The zero-order chi connectivity index (χ0) is 13.9. The zero-order valence-corrected chi connectivity index (χ0v) is 12.5. The molecule has 2 aliphatic heterocycles. The third kappa shape index (κ3) is 3.14. The number of nitrogens with zero attached hydrogens (tertiary/aromatic N) is 2. The quantitative estimate of drug-likeness (QED) is 0.881. The molecule has 0 aromatic heterocycles. The largest absolute Gasteiger partial charge is 0.374 e. The van der Waals surface area contributed by atoms with Gasteiger partial charge < -0.3 is 19.9 Å². The van der Waals surface area contributed by atoms with E-state index in [2.05, 4.69) is 53.4 Å². The maximum absolute atomic E-state index is 5.94. The molecular weight excluding hydrogens is 250 g/mol. The second kappa shape index (κ2) is 6.12. The van der Waals surface area contributed by atoms with E-state index in [1.165, 1.54) is 11.3 Å². The minimum atomic E-state index is 0.312. The number of benzene rings is 1. The highest BCUT2D eigenvalue weighted by Gasteiger charge is 2.24. The summed E-state index contributed by atoms with van der Waals surface area (Å²) in [7, 11) is 2.18. The number of fused-ring (bicyclic) bond motifs is 1. The Balaban J connectivity index is 1.76. The van der Waals surface area contributed by atoms with E-state index in [1.807, 2.05) is 0 Å². The maximum Gasteiger partial charge on any atom is 0.0877 e. The average molecular weight is 275 g/mol. The van der Waals surface area contributed by atoms with E-state index in [0.29, 0.717) is 12.1 Å². The number of ether oxygens (including phenoxy) is 1. The van der Waals surface area contributed by atoms with Gasteiger partial charge in [-0.1, -0.05) is 18.2 Å². The normalized spacial score (nSPS) is 28.0. The fourth-order valence-corrected chi connectivity index (χ4v) is 3.14. The van der Waals surface area contributed by atoms with E-state index in [-0.39, 0.29) is 0 Å². The van der Waals surface area contributed by atoms with E-state index in [1.54, 1.807) is 0 Å². The highest BCUT2D eigenvalue weighted by Crippen LogP contribution is 2.24. The van der Waals surface area contributed by atoms with Gasteiger partial charge in [0.2, 0.25) is 0 Å². The monoisotopic (exact) mass is 275 g/mol. The fourth-order valence-electron chi connectivity index (χ4n) is 3.14. The smallest absolute Gasteiger partial charge is 0.0877 e. The van der Waals surface area contributed by atoms with Crippen molar-refractivity contribution >= 4 is 5.69 Å². The van der Waals surface area contributed by atoms with Crippen molar-refractivity contribution in [1.29, 1.82) is 0 Å². The topological polar surface area (TPSA) is 27.7 Å². The van der Waals surface area contributed by atoms with Gasteiger partial charge in [0.15, 0.2) is 0 Å². The molecule has 1 saturated heterocycles. The zero-order valence-electron chi connectivity index (χ0n) is 12.5. The van der Waals surface area contributed by atoms with Gasteiger partial charge >= 0.3 is 0 Å². The van der Waals surface area contributed by atoms with Gasteiger partial charge in [-0.2, -0.15) is 0 Å². The second-order valence-corrected chi connectivity index (χ2v) is 6.07. The van der Waals surface area contributed by atoms with Crippen molar-refractivity contribution < 1.29 is 4.74 Å².